The molecule has 0 unspecified atom stereocenters. The Labute approximate surface area is 259 Å². The van der Waals surface area contributed by atoms with Gasteiger partial charge in [-0.25, -0.2) is 4.79 Å². The maximum atomic E-state index is 12.4. The molecule has 3 aromatic carbocycles. The van der Waals surface area contributed by atoms with Crippen LogP contribution in [0.3, 0.4) is 0 Å². The molecule has 0 atom stereocenters. The zero-order valence-electron chi connectivity index (χ0n) is 26.1. The Morgan fingerprint density at radius 3 is 2.02 bits per heavy atom. The second kappa shape index (κ2) is 10.9. The molecule has 0 aromatic heterocycles. The highest BCUT2D eigenvalue weighted by atomic mass is 28.3. The van der Waals surface area contributed by atoms with Gasteiger partial charge in [-0.15, -0.1) is 0 Å². The molecular formula is C34H38N4O5Si. The van der Waals surface area contributed by atoms with E-state index in [1.54, 1.807) is 0 Å². The molecular weight excluding hydrogens is 572 g/mol. The van der Waals surface area contributed by atoms with Gasteiger partial charge in [0.15, 0.2) is 0 Å². The average molecular weight is 611 g/mol. The van der Waals surface area contributed by atoms with Crippen molar-refractivity contribution in [2.24, 2.45) is 0 Å². The molecule has 0 bridgehead atoms. The Hall–Kier alpha value is -4.41. The summed E-state index contributed by atoms with van der Waals surface area (Å²) < 4.78 is 12.4. The van der Waals surface area contributed by atoms with Gasteiger partial charge in [-0.05, 0) is 68.5 Å². The Morgan fingerprint density at radius 1 is 0.886 bits per heavy atom. The molecule has 3 aromatic rings. The number of anilines is 2. The lowest BCUT2D eigenvalue weighted by atomic mass is 9.79. The van der Waals surface area contributed by atoms with Crippen LogP contribution in [0.2, 0.25) is 13.1 Å². The molecule has 0 radical (unpaired) electrons. The molecule has 10 heteroatoms. The number of imide groups is 1. The summed E-state index contributed by atoms with van der Waals surface area (Å²) in [5.41, 5.74) is 7.06. The number of ether oxygens (including phenoxy) is 2. The summed E-state index contributed by atoms with van der Waals surface area (Å²) in [6.45, 7) is 5.58. The van der Waals surface area contributed by atoms with E-state index in [0.717, 1.165) is 21.6 Å². The zero-order chi connectivity index (χ0) is 31.4. The monoisotopic (exact) mass is 610 g/mol. The van der Waals surface area contributed by atoms with Crippen LogP contribution >= 0.6 is 0 Å². The highest BCUT2D eigenvalue weighted by Gasteiger charge is 2.53. The minimum Gasteiger partial charge on any atom is -0.445 e. The van der Waals surface area contributed by atoms with Crippen LogP contribution in [0.1, 0.15) is 27.8 Å². The summed E-state index contributed by atoms with van der Waals surface area (Å²) in [5.74, 6) is -0.762. The molecule has 1 N–H and O–H groups in total. The third-order valence-electron chi connectivity index (χ3n) is 9.01. The van der Waals surface area contributed by atoms with Crippen LogP contribution < -0.4 is 25.5 Å². The molecule has 228 valence electrons. The third kappa shape index (κ3) is 4.78. The number of carbonyl (C=O) groups is 3. The van der Waals surface area contributed by atoms with Crippen LogP contribution in [0.5, 0.6) is 0 Å². The fourth-order valence-electron chi connectivity index (χ4n) is 6.59. The number of nitrogens with one attached hydrogen (secondary N) is 1. The van der Waals surface area contributed by atoms with Crippen LogP contribution in [-0.2, 0) is 37.9 Å². The van der Waals surface area contributed by atoms with Gasteiger partial charge in [0.25, 0.3) is 11.8 Å². The summed E-state index contributed by atoms with van der Waals surface area (Å²) in [7, 11) is 6.19. The number of amides is 3. The highest BCUT2D eigenvalue weighted by Crippen LogP contribution is 2.49. The van der Waals surface area contributed by atoms with Crippen molar-refractivity contribution < 1.29 is 23.9 Å². The fraction of sp³-hybridized carbons (Fsp3) is 0.324. The van der Waals surface area contributed by atoms with Gasteiger partial charge in [-0.2, -0.15) is 0 Å². The molecule has 6 rings (SSSR count). The second-order valence-corrected chi connectivity index (χ2v) is 16.8. The predicted molar refractivity (Wildman–Crippen MR) is 173 cm³/mol. The quantitative estimate of drug-likeness (QED) is 0.325. The van der Waals surface area contributed by atoms with E-state index in [9.17, 15) is 14.4 Å². The average Bonchev–Trinajstić information content (AvgIpc) is 3.54. The van der Waals surface area contributed by atoms with Crippen molar-refractivity contribution >= 4 is 47.7 Å². The van der Waals surface area contributed by atoms with Gasteiger partial charge in [-0.3, -0.25) is 14.5 Å². The molecule has 3 amide bonds. The maximum Gasteiger partial charge on any atom is 0.407 e. The summed E-state index contributed by atoms with van der Waals surface area (Å²) in [6.07, 6.45) is 1.83. The van der Waals surface area contributed by atoms with Crippen molar-refractivity contribution in [2.75, 3.05) is 51.1 Å². The van der Waals surface area contributed by atoms with E-state index in [4.69, 9.17) is 9.47 Å². The van der Waals surface area contributed by atoms with Crippen molar-refractivity contribution in [2.45, 2.75) is 31.9 Å². The van der Waals surface area contributed by atoms with Crippen molar-refractivity contribution in [3.05, 3.63) is 94.6 Å². The van der Waals surface area contributed by atoms with Gasteiger partial charge < -0.3 is 24.6 Å². The normalized spacial score (nSPS) is 16.9. The van der Waals surface area contributed by atoms with Crippen LogP contribution in [0, 0.1) is 0 Å². The topological polar surface area (TPSA) is 91.4 Å². The first-order valence-electron chi connectivity index (χ1n) is 14.8. The minimum absolute atomic E-state index is 0.0841. The van der Waals surface area contributed by atoms with Gasteiger partial charge in [-0.1, -0.05) is 37.4 Å². The van der Waals surface area contributed by atoms with E-state index in [2.05, 4.69) is 105 Å². The van der Waals surface area contributed by atoms with Gasteiger partial charge in [0.1, 0.15) is 20.3 Å². The predicted octanol–water partition coefficient (Wildman–Crippen LogP) is 2.93. The van der Waals surface area contributed by atoms with Gasteiger partial charge >= 0.3 is 6.09 Å². The molecule has 0 fully saturated rings. The Bertz CT molecular complexity index is 1630. The smallest absolute Gasteiger partial charge is 0.407 e. The first-order chi connectivity index (χ1) is 20.9. The molecule has 0 aliphatic carbocycles. The van der Waals surface area contributed by atoms with Crippen molar-refractivity contribution in [3.63, 3.8) is 0 Å². The number of alkyl carbamates (subject to hydrolysis) is 1. The SMILES string of the molecule is CN(C)c1ccc2c(c1)[Si](C)(C)c1cc(N(C)C)ccc1C21OCc2cc(COC(=O)NCCN3C(=O)C=CC3=O)ccc21. The van der Waals surface area contributed by atoms with Crippen molar-refractivity contribution in [3.8, 4) is 0 Å². The first kappa shape index (κ1) is 29.6. The molecule has 1 spiro atoms. The lowest BCUT2D eigenvalue weighted by molar-refractivity contribution is -0.136. The molecule has 44 heavy (non-hydrogen) atoms. The number of rotatable bonds is 7. The fourth-order valence-corrected chi connectivity index (χ4v) is 9.76. The van der Waals surface area contributed by atoms with Crippen LogP contribution in [0.15, 0.2) is 66.7 Å². The summed E-state index contributed by atoms with van der Waals surface area (Å²) in [4.78, 5) is 41.1. The van der Waals surface area contributed by atoms with E-state index in [1.165, 1.54) is 45.0 Å². The zero-order valence-corrected chi connectivity index (χ0v) is 27.1. The summed E-state index contributed by atoms with van der Waals surface area (Å²) in [5, 5.41) is 5.36. The Kier molecular flexibility index (Phi) is 7.37. The van der Waals surface area contributed by atoms with E-state index in [0.29, 0.717) is 6.61 Å². The van der Waals surface area contributed by atoms with Gasteiger partial charge in [0, 0.05) is 64.8 Å². The molecule has 3 heterocycles. The van der Waals surface area contributed by atoms with Gasteiger partial charge in [0.05, 0.1) is 6.61 Å². The van der Waals surface area contributed by atoms with Crippen molar-refractivity contribution in [1.82, 2.24) is 10.2 Å². The number of hydrogen-bond donors (Lipinski definition) is 1. The number of nitrogens with zero attached hydrogens (tertiary/aromatic N) is 3. The standard InChI is InChI=1S/C34H38N4O5Si/c1-36(2)24-8-11-27-29(18-24)44(5,6)30-19-25(37(3)4)9-12-28(30)34(27)26-10-7-22(17-23(26)21-43-34)20-42-33(41)35-15-16-38-31(39)13-14-32(38)40/h7-14,17-19H,15-16,20-21H2,1-6H3,(H,35,41). The number of benzene rings is 3. The first-order valence-corrected chi connectivity index (χ1v) is 17.8. The van der Waals surface area contributed by atoms with Crippen molar-refractivity contribution in [1.29, 1.82) is 0 Å². The number of hydrogen-bond acceptors (Lipinski definition) is 7. The van der Waals surface area contributed by atoms with Gasteiger partial charge in [0.2, 0.25) is 0 Å². The summed E-state index contributed by atoms with van der Waals surface area (Å²) >= 11 is 0. The lowest BCUT2D eigenvalue weighted by Gasteiger charge is -2.45. The number of fused-ring (bicyclic) bond motifs is 6. The van der Waals surface area contributed by atoms with Crippen LogP contribution in [-0.4, -0.2) is 72.2 Å². The third-order valence-corrected chi connectivity index (χ3v) is 12.5. The molecule has 3 aliphatic rings. The lowest BCUT2D eigenvalue weighted by Crippen LogP contribution is -2.63. The van der Waals surface area contributed by atoms with E-state index in [-0.39, 0.29) is 31.5 Å². The highest BCUT2D eigenvalue weighted by molar-refractivity contribution is 7.01. The molecule has 3 aliphatic heterocycles. The Morgan fingerprint density at radius 2 is 1.45 bits per heavy atom. The van der Waals surface area contributed by atoms with Crippen LogP contribution in [0.4, 0.5) is 16.2 Å². The molecule has 0 saturated carbocycles. The van der Waals surface area contributed by atoms with E-state index in [1.807, 2.05) is 6.07 Å². The van der Waals surface area contributed by atoms with E-state index >= 15 is 0 Å². The molecule has 9 nitrogen and oxygen atoms in total. The van der Waals surface area contributed by atoms with E-state index < -0.39 is 19.8 Å². The molecule has 0 saturated heterocycles. The second-order valence-electron chi connectivity index (χ2n) is 12.5. The largest absolute Gasteiger partial charge is 0.445 e. The number of carbonyl (C=O) groups excluding carboxylic acids is 3. The maximum absolute atomic E-state index is 12.4. The Balaban J connectivity index is 1.29. The van der Waals surface area contributed by atoms with Crippen LogP contribution in [0.25, 0.3) is 0 Å². The minimum atomic E-state index is -2.11. The summed E-state index contributed by atoms with van der Waals surface area (Å²) in [6, 6.07) is 19.7.